The monoisotopic (exact) mass is 370 g/mol. The van der Waals surface area contributed by atoms with Crippen molar-refractivity contribution in [3.05, 3.63) is 95.0 Å². The van der Waals surface area contributed by atoms with Crippen LogP contribution in [0.5, 0.6) is 5.75 Å². The highest BCUT2D eigenvalue weighted by Gasteiger charge is 2.17. The van der Waals surface area contributed by atoms with Gasteiger partial charge in [-0.05, 0) is 29.8 Å². The van der Waals surface area contributed by atoms with E-state index < -0.39 is 11.9 Å². The Balaban J connectivity index is 1.76. The van der Waals surface area contributed by atoms with E-state index in [1.165, 1.54) is 12.3 Å². The molecule has 2 aromatic carbocycles. The number of ether oxygens (including phenoxy) is 1. The highest BCUT2D eigenvalue weighted by Crippen LogP contribution is 2.20. The van der Waals surface area contributed by atoms with E-state index in [4.69, 9.17) is 16.3 Å². The molecule has 0 fully saturated rings. The summed E-state index contributed by atoms with van der Waals surface area (Å²) in [5.74, 6) is -0.636. The first-order valence-electron chi connectivity index (χ1n) is 7.98. The molecule has 1 amide bonds. The zero-order valence-corrected chi connectivity index (χ0v) is 14.5. The van der Waals surface area contributed by atoms with Gasteiger partial charge < -0.3 is 10.1 Å². The third-order valence-corrected chi connectivity index (χ3v) is 3.96. The lowest BCUT2D eigenvalue weighted by Crippen LogP contribution is -2.32. The van der Waals surface area contributed by atoms with Crippen LogP contribution in [0.2, 0.25) is 5.15 Å². The van der Waals surface area contributed by atoms with Crippen LogP contribution in [-0.4, -0.2) is 17.5 Å². The zero-order valence-electron chi connectivity index (χ0n) is 13.7. The molecule has 1 aromatic heterocycles. The van der Waals surface area contributed by atoms with Crippen LogP contribution in [0.25, 0.3) is 0 Å². The average molecular weight is 371 g/mol. The first-order chi connectivity index (χ1) is 12.6. The highest BCUT2D eigenvalue weighted by molar-refractivity contribution is 6.29. The second-order valence-corrected chi connectivity index (χ2v) is 5.94. The summed E-state index contributed by atoms with van der Waals surface area (Å²) in [4.78, 5) is 16.4. The number of rotatable bonds is 6. The molecule has 26 heavy (non-hydrogen) atoms. The van der Waals surface area contributed by atoms with Gasteiger partial charge in [-0.15, -0.1) is 0 Å². The molecule has 1 heterocycles. The third kappa shape index (κ3) is 4.58. The summed E-state index contributed by atoms with van der Waals surface area (Å²) in [7, 11) is 0. The number of nitrogens with one attached hydrogen (secondary N) is 1. The van der Waals surface area contributed by atoms with Gasteiger partial charge in [0, 0.05) is 6.20 Å². The quantitative estimate of drug-likeness (QED) is 0.653. The number of carbonyl (C=O) groups excluding carboxylic acids is 1. The molecular weight excluding hydrogens is 355 g/mol. The average Bonchev–Trinajstić information content (AvgIpc) is 2.67. The summed E-state index contributed by atoms with van der Waals surface area (Å²) < 4.78 is 19.4. The number of halogens is 2. The molecule has 0 aliphatic carbocycles. The first-order valence-corrected chi connectivity index (χ1v) is 8.36. The Morgan fingerprint density at radius 2 is 1.81 bits per heavy atom. The third-order valence-electron chi connectivity index (χ3n) is 3.74. The van der Waals surface area contributed by atoms with E-state index in [9.17, 15) is 9.18 Å². The summed E-state index contributed by atoms with van der Waals surface area (Å²) in [5.41, 5.74) is 1.22. The fourth-order valence-electron chi connectivity index (χ4n) is 2.39. The van der Waals surface area contributed by atoms with Gasteiger partial charge >= 0.3 is 0 Å². The van der Waals surface area contributed by atoms with E-state index >= 15 is 0 Å². The topological polar surface area (TPSA) is 51.2 Å². The van der Waals surface area contributed by atoms with E-state index in [0.29, 0.717) is 10.7 Å². The van der Waals surface area contributed by atoms with Crippen molar-refractivity contribution < 1.29 is 13.9 Å². The van der Waals surface area contributed by atoms with Gasteiger partial charge in [0.15, 0.2) is 11.6 Å². The van der Waals surface area contributed by atoms with Gasteiger partial charge in [-0.3, -0.25) is 4.79 Å². The van der Waals surface area contributed by atoms with Crippen molar-refractivity contribution in [2.75, 3.05) is 6.61 Å². The number of carbonyl (C=O) groups is 1. The number of benzene rings is 2. The zero-order chi connectivity index (χ0) is 18.4. The van der Waals surface area contributed by atoms with Crippen LogP contribution in [0.1, 0.15) is 22.0 Å². The number of para-hydroxylation sites is 1. The van der Waals surface area contributed by atoms with Gasteiger partial charge in [0.2, 0.25) is 0 Å². The van der Waals surface area contributed by atoms with E-state index in [1.807, 2.05) is 30.3 Å². The minimum absolute atomic E-state index is 0.0811. The minimum atomic E-state index is -0.459. The number of hydrogen-bond acceptors (Lipinski definition) is 3. The molecule has 0 saturated heterocycles. The van der Waals surface area contributed by atoms with Crippen LogP contribution < -0.4 is 10.1 Å². The molecule has 3 rings (SSSR count). The first kappa shape index (κ1) is 17.9. The Bertz CT molecular complexity index is 872. The Morgan fingerprint density at radius 3 is 2.50 bits per heavy atom. The fraction of sp³-hybridized carbons (Fsp3) is 0.100. The van der Waals surface area contributed by atoms with Crippen molar-refractivity contribution in [3.63, 3.8) is 0 Å². The van der Waals surface area contributed by atoms with Crippen molar-refractivity contribution in [2.24, 2.45) is 0 Å². The lowest BCUT2D eigenvalue weighted by molar-refractivity contribution is 0.0920. The predicted molar refractivity (Wildman–Crippen MR) is 97.8 cm³/mol. The van der Waals surface area contributed by atoms with Gasteiger partial charge in [0.05, 0.1) is 11.6 Å². The summed E-state index contributed by atoms with van der Waals surface area (Å²) in [6, 6.07) is 18.2. The van der Waals surface area contributed by atoms with Crippen molar-refractivity contribution >= 4 is 17.5 Å². The molecule has 132 valence electrons. The molecule has 0 saturated carbocycles. The lowest BCUT2D eigenvalue weighted by Gasteiger charge is -2.20. The molecule has 0 radical (unpaired) electrons. The van der Waals surface area contributed by atoms with Crippen LogP contribution in [0.15, 0.2) is 72.9 Å². The lowest BCUT2D eigenvalue weighted by atomic mass is 10.1. The molecule has 0 aliphatic rings. The molecule has 0 aliphatic heterocycles. The Labute approximate surface area is 155 Å². The summed E-state index contributed by atoms with van der Waals surface area (Å²) in [5, 5.41) is 3.20. The summed E-state index contributed by atoms with van der Waals surface area (Å²) >= 11 is 5.75. The van der Waals surface area contributed by atoms with Gasteiger partial charge in [0.25, 0.3) is 5.91 Å². The molecular formula is C20H16ClFN2O2. The van der Waals surface area contributed by atoms with Crippen LogP contribution in [0, 0.1) is 5.82 Å². The largest absolute Gasteiger partial charge is 0.488 e. The number of aromatic nitrogens is 1. The van der Waals surface area contributed by atoms with E-state index in [2.05, 4.69) is 10.3 Å². The van der Waals surface area contributed by atoms with Gasteiger partial charge in [0.1, 0.15) is 11.8 Å². The van der Waals surface area contributed by atoms with Gasteiger partial charge in [-0.2, -0.15) is 0 Å². The minimum Gasteiger partial charge on any atom is -0.488 e. The molecule has 3 aromatic rings. The smallest absolute Gasteiger partial charge is 0.253 e. The van der Waals surface area contributed by atoms with E-state index in [1.54, 1.807) is 30.3 Å². The second-order valence-electron chi connectivity index (χ2n) is 5.55. The number of pyridine rings is 1. The second kappa shape index (κ2) is 8.45. The molecule has 0 spiro atoms. The Kier molecular flexibility index (Phi) is 5.81. The number of amides is 1. The van der Waals surface area contributed by atoms with Crippen molar-refractivity contribution in [3.8, 4) is 5.75 Å². The molecule has 0 unspecified atom stereocenters. The normalized spacial score (nSPS) is 11.6. The van der Waals surface area contributed by atoms with E-state index in [0.717, 1.165) is 5.56 Å². The number of nitrogens with zero attached hydrogens (tertiary/aromatic N) is 1. The van der Waals surface area contributed by atoms with Crippen molar-refractivity contribution in [1.29, 1.82) is 0 Å². The highest BCUT2D eigenvalue weighted by atomic mass is 35.5. The summed E-state index contributed by atoms with van der Waals surface area (Å²) in [6.45, 7) is 0.0811. The maximum absolute atomic E-state index is 13.8. The van der Waals surface area contributed by atoms with Crippen LogP contribution >= 0.6 is 11.6 Å². The predicted octanol–water partition coefficient (Wildman–Crippen LogP) is 4.42. The van der Waals surface area contributed by atoms with Crippen molar-refractivity contribution in [1.82, 2.24) is 10.3 Å². The fourth-order valence-corrected chi connectivity index (χ4v) is 2.50. The molecule has 1 atom stereocenters. The maximum atomic E-state index is 13.8. The summed E-state index contributed by atoms with van der Waals surface area (Å²) in [6.07, 6.45) is 1.40. The molecule has 6 heteroatoms. The SMILES string of the molecule is O=C(N[C@H](COc1ccccc1F)c1ccccc1)c1ccc(Cl)nc1. The van der Waals surface area contributed by atoms with Crippen LogP contribution in [0.3, 0.4) is 0 Å². The standard InChI is InChI=1S/C20H16ClFN2O2/c21-19-11-10-15(12-23-19)20(25)24-17(14-6-2-1-3-7-14)13-26-18-9-5-4-8-16(18)22/h1-12,17H,13H2,(H,24,25)/t17-/m1/s1. The molecule has 0 bridgehead atoms. The van der Waals surface area contributed by atoms with Crippen LogP contribution in [-0.2, 0) is 0 Å². The maximum Gasteiger partial charge on any atom is 0.253 e. The Morgan fingerprint density at radius 1 is 1.08 bits per heavy atom. The van der Waals surface area contributed by atoms with E-state index in [-0.39, 0.29) is 18.3 Å². The van der Waals surface area contributed by atoms with Gasteiger partial charge in [-0.25, -0.2) is 9.37 Å². The van der Waals surface area contributed by atoms with Crippen LogP contribution in [0.4, 0.5) is 4.39 Å². The molecule has 1 N–H and O–H groups in total. The Hall–Kier alpha value is -2.92. The molecule has 4 nitrogen and oxygen atoms in total. The van der Waals surface area contributed by atoms with Crippen molar-refractivity contribution in [2.45, 2.75) is 6.04 Å². The van der Waals surface area contributed by atoms with Gasteiger partial charge in [-0.1, -0.05) is 54.1 Å². The number of hydrogen-bond donors (Lipinski definition) is 1.